The number of hydrogen-bond donors (Lipinski definition) is 1. The zero-order valence-electron chi connectivity index (χ0n) is 12.9. The Bertz CT molecular complexity index is 1040. The third-order valence-corrected chi connectivity index (χ3v) is 5.88. The first-order valence-corrected chi connectivity index (χ1v) is 9.15. The Kier molecular flexibility index (Phi) is 3.83. The van der Waals surface area contributed by atoms with Crippen LogP contribution in [0.3, 0.4) is 0 Å². The number of H-pyrrole nitrogens is 1. The van der Waals surface area contributed by atoms with Gasteiger partial charge in [0.15, 0.2) is 9.84 Å². The van der Waals surface area contributed by atoms with Crippen LogP contribution in [0.1, 0.15) is 13.3 Å². The van der Waals surface area contributed by atoms with Gasteiger partial charge < -0.3 is 9.72 Å². The number of benzene rings is 1. The van der Waals surface area contributed by atoms with E-state index in [-0.39, 0.29) is 23.3 Å². The molecular weight excluding hydrogens is 336 g/mol. The van der Waals surface area contributed by atoms with Crippen molar-refractivity contribution < 1.29 is 17.9 Å². The molecule has 2 heterocycles. The molecule has 9 heteroatoms. The monoisotopic (exact) mass is 352 g/mol. The average Bonchev–Trinajstić information content (AvgIpc) is 2.76. The molecule has 0 aliphatic carbocycles. The molecule has 0 amide bonds. The number of aromatic amines is 1. The molecule has 24 heavy (non-hydrogen) atoms. The van der Waals surface area contributed by atoms with Gasteiger partial charge in [0.05, 0.1) is 22.4 Å². The molecule has 1 fully saturated rings. The van der Waals surface area contributed by atoms with Crippen LogP contribution in [0.2, 0.25) is 0 Å². The minimum atomic E-state index is -3.23. The van der Waals surface area contributed by atoms with Crippen molar-refractivity contribution >= 4 is 26.7 Å². The minimum Gasteiger partial charge on any atom is -0.457 e. The van der Waals surface area contributed by atoms with E-state index in [4.69, 9.17) is 4.74 Å². The summed E-state index contributed by atoms with van der Waals surface area (Å²) in [6.45, 7) is 0.956. The van der Waals surface area contributed by atoms with E-state index in [2.05, 4.69) is 4.98 Å². The van der Waals surface area contributed by atoms with Crippen molar-refractivity contribution in [2.75, 3.05) is 11.5 Å². The summed E-state index contributed by atoms with van der Waals surface area (Å²) in [5.41, 5.74) is -2.07. The lowest BCUT2D eigenvalue weighted by Gasteiger charge is -2.22. The molecule has 1 N–H and O–H groups in total. The summed E-state index contributed by atoms with van der Waals surface area (Å²) in [4.78, 5) is 39.0. The third kappa shape index (κ3) is 3.12. The van der Waals surface area contributed by atoms with Crippen molar-refractivity contribution in [1.29, 1.82) is 0 Å². The molecule has 128 valence electrons. The van der Waals surface area contributed by atoms with E-state index in [0.717, 1.165) is 4.57 Å². The van der Waals surface area contributed by atoms with Gasteiger partial charge in [-0.25, -0.2) is 17.8 Å². The van der Waals surface area contributed by atoms with Gasteiger partial charge in [-0.1, -0.05) is 12.1 Å². The number of carbonyl (C=O) groups excluding carboxylic acids is 1. The van der Waals surface area contributed by atoms with E-state index >= 15 is 0 Å². The Labute approximate surface area is 137 Å². The van der Waals surface area contributed by atoms with Gasteiger partial charge >= 0.3 is 11.7 Å². The number of aromatic nitrogens is 2. The second kappa shape index (κ2) is 5.59. The van der Waals surface area contributed by atoms with Gasteiger partial charge in [-0.2, -0.15) is 0 Å². The van der Waals surface area contributed by atoms with Crippen molar-refractivity contribution in [2.45, 2.75) is 25.5 Å². The van der Waals surface area contributed by atoms with E-state index in [1.54, 1.807) is 24.3 Å². The van der Waals surface area contributed by atoms with Gasteiger partial charge in [0, 0.05) is 6.42 Å². The van der Waals surface area contributed by atoms with Crippen molar-refractivity contribution in [3.8, 4) is 0 Å². The van der Waals surface area contributed by atoms with E-state index in [1.807, 2.05) is 0 Å². The Morgan fingerprint density at radius 1 is 1.33 bits per heavy atom. The molecule has 1 aliphatic heterocycles. The number of fused-ring (bicyclic) bond motifs is 1. The van der Waals surface area contributed by atoms with Crippen LogP contribution in [0.4, 0.5) is 0 Å². The average molecular weight is 352 g/mol. The highest BCUT2D eigenvalue weighted by atomic mass is 32.2. The Morgan fingerprint density at radius 2 is 2.04 bits per heavy atom. The maximum atomic E-state index is 12.3. The predicted molar refractivity (Wildman–Crippen MR) is 86.6 cm³/mol. The molecule has 2 aromatic rings. The highest BCUT2D eigenvalue weighted by Gasteiger charge is 2.41. The number of nitrogens with one attached hydrogen (secondary N) is 1. The zero-order valence-corrected chi connectivity index (χ0v) is 13.8. The highest BCUT2D eigenvalue weighted by Crippen LogP contribution is 2.26. The first-order valence-electron chi connectivity index (χ1n) is 7.33. The van der Waals surface area contributed by atoms with E-state index in [1.165, 1.54) is 6.92 Å². The second-order valence-electron chi connectivity index (χ2n) is 6.13. The molecule has 1 atom stereocenters. The maximum Gasteiger partial charge on any atom is 0.329 e. The molecule has 1 aliphatic rings. The van der Waals surface area contributed by atoms with Gasteiger partial charge in [-0.3, -0.25) is 9.59 Å². The van der Waals surface area contributed by atoms with Crippen molar-refractivity contribution in [2.24, 2.45) is 0 Å². The quantitative estimate of drug-likeness (QED) is 0.766. The minimum absolute atomic E-state index is 0.0483. The smallest absolute Gasteiger partial charge is 0.329 e. The number of esters is 1. The van der Waals surface area contributed by atoms with Crippen LogP contribution in [0, 0.1) is 0 Å². The van der Waals surface area contributed by atoms with E-state index in [9.17, 15) is 22.8 Å². The fourth-order valence-electron chi connectivity index (χ4n) is 2.84. The van der Waals surface area contributed by atoms with Crippen molar-refractivity contribution in [3.63, 3.8) is 0 Å². The fraction of sp³-hybridized carbons (Fsp3) is 0.400. The maximum absolute atomic E-state index is 12.3. The molecule has 0 saturated carbocycles. The van der Waals surface area contributed by atoms with Crippen LogP contribution >= 0.6 is 0 Å². The van der Waals surface area contributed by atoms with E-state index in [0.29, 0.717) is 5.52 Å². The van der Waals surface area contributed by atoms with Crippen LogP contribution in [0.15, 0.2) is 33.9 Å². The molecule has 0 spiro atoms. The largest absolute Gasteiger partial charge is 0.457 e. The first-order chi connectivity index (χ1) is 11.2. The summed E-state index contributed by atoms with van der Waals surface area (Å²) in [6, 6.07) is 6.46. The topological polar surface area (TPSA) is 115 Å². The molecule has 1 aromatic carbocycles. The fourth-order valence-corrected chi connectivity index (χ4v) is 4.86. The molecule has 1 unspecified atom stereocenters. The Morgan fingerprint density at radius 3 is 2.71 bits per heavy atom. The summed E-state index contributed by atoms with van der Waals surface area (Å²) in [5, 5.41) is 0.277. The van der Waals surface area contributed by atoms with Crippen LogP contribution in [0.25, 0.3) is 10.9 Å². The normalized spacial score (nSPS) is 22.5. The standard InChI is InChI=1S/C15H16N2O6S/c1-15(6-7-24(21,22)9-15)23-12(18)8-17-13(19)10-4-2-3-5-11(10)16-14(17)20/h2-5H,6-9H2,1H3,(H,16,20). The summed E-state index contributed by atoms with van der Waals surface area (Å²) < 4.78 is 29.1. The van der Waals surface area contributed by atoms with Crippen LogP contribution in [0.5, 0.6) is 0 Å². The van der Waals surface area contributed by atoms with Crippen molar-refractivity contribution in [1.82, 2.24) is 9.55 Å². The third-order valence-electron chi connectivity index (χ3n) is 4.00. The molecule has 3 rings (SSSR count). The second-order valence-corrected chi connectivity index (χ2v) is 8.32. The van der Waals surface area contributed by atoms with Gasteiger partial charge in [-0.15, -0.1) is 0 Å². The molecule has 0 bridgehead atoms. The van der Waals surface area contributed by atoms with E-state index < -0.39 is 39.2 Å². The zero-order chi connectivity index (χ0) is 17.5. The van der Waals surface area contributed by atoms with Gasteiger partial charge in [0.25, 0.3) is 5.56 Å². The lowest BCUT2D eigenvalue weighted by Crippen LogP contribution is -2.40. The van der Waals surface area contributed by atoms with Crippen LogP contribution in [-0.4, -0.2) is 41.0 Å². The molecule has 1 aromatic heterocycles. The van der Waals surface area contributed by atoms with Gasteiger partial charge in [0.1, 0.15) is 12.1 Å². The molecule has 8 nitrogen and oxygen atoms in total. The lowest BCUT2D eigenvalue weighted by atomic mass is 10.1. The molecule has 1 saturated heterocycles. The number of ether oxygens (including phenoxy) is 1. The highest BCUT2D eigenvalue weighted by molar-refractivity contribution is 7.91. The number of rotatable bonds is 3. The summed E-state index contributed by atoms with van der Waals surface area (Å²) >= 11 is 0. The van der Waals surface area contributed by atoms with Crippen molar-refractivity contribution in [3.05, 3.63) is 45.1 Å². The number of hydrogen-bond acceptors (Lipinski definition) is 6. The predicted octanol–water partition coefficient (Wildman–Crippen LogP) is -0.190. The molecular formula is C15H16N2O6S. The van der Waals surface area contributed by atoms with Gasteiger partial charge in [0.2, 0.25) is 0 Å². The summed E-state index contributed by atoms with van der Waals surface area (Å²) in [5.74, 6) is -1.13. The van der Waals surface area contributed by atoms with Crippen LogP contribution in [-0.2, 0) is 25.9 Å². The summed E-state index contributed by atoms with van der Waals surface area (Å²) in [6.07, 6.45) is 0.198. The number of para-hydroxylation sites is 1. The lowest BCUT2D eigenvalue weighted by molar-refractivity contribution is -0.156. The SMILES string of the molecule is CC1(OC(=O)Cn2c(=O)[nH]c3ccccc3c2=O)CCS(=O)(=O)C1. The van der Waals surface area contributed by atoms with Crippen LogP contribution < -0.4 is 11.2 Å². The number of nitrogens with zero attached hydrogens (tertiary/aromatic N) is 1. The number of carbonyl (C=O) groups is 1. The number of sulfone groups is 1. The Balaban J connectivity index is 1.87. The van der Waals surface area contributed by atoms with Gasteiger partial charge in [-0.05, 0) is 19.1 Å². The first kappa shape index (κ1) is 16.4. The Hall–Kier alpha value is -2.42. The molecule has 0 radical (unpaired) electrons. The summed E-state index contributed by atoms with van der Waals surface area (Å²) in [7, 11) is -3.23.